The lowest BCUT2D eigenvalue weighted by molar-refractivity contribution is -0.123. The van der Waals surface area contributed by atoms with Crippen molar-refractivity contribution in [3.05, 3.63) is 29.8 Å². The zero-order chi connectivity index (χ0) is 16.0. The Morgan fingerprint density at radius 2 is 1.77 bits per heavy atom. The van der Waals surface area contributed by atoms with Crippen molar-refractivity contribution in [3.8, 4) is 0 Å². The SMILES string of the molecule is CCCCNC(=O)C1(c2ccc(NC(=O)CCC)cc2)CC1. The highest BCUT2D eigenvalue weighted by Crippen LogP contribution is 2.48. The van der Waals surface area contributed by atoms with Crippen molar-refractivity contribution in [1.29, 1.82) is 0 Å². The molecule has 1 fully saturated rings. The van der Waals surface area contributed by atoms with E-state index in [9.17, 15) is 9.59 Å². The van der Waals surface area contributed by atoms with Gasteiger partial charge < -0.3 is 10.6 Å². The molecule has 2 amide bonds. The number of rotatable bonds is 8. The Bertz CT molecular complexity index is 518. The molecule has 0 aliphatic heterocycles. The summed E-state index contributed by atoms with van der Waals surface area (Å²) in [5.41, 5.74) is 1.51. The molecule has 0 atom stereocenters. The highest BCUT2D eigenvalue weighted by Gasteiger charge is 2.50. The summed E-state index contributed by atoms with van der Waals surface area (Å²) in [6, 6.07) is 7.71. The minimum absolute atomic E-state index is 0.0358. The molecule has 0 bridgehead atoms. The van der Waals surface area contributed by atoms with Crippen molar-refractivity contribution >= 4 is 17.5 Å². The van der Waals surface area contributed by atoms with Crippen LogP contribution in [0.4, 0.5) is 5.69 Å². The second-order valence-corrected chi connectivity index (χ2v) is 6.07. The first-order valence-electron chi connectivity index (χ1n) is 8.31. The maximum atomic E-state index is 12.4. The molecule has 2 N–H and O–H groups in total. The first-order chi connectivity index (χ1) is 10.6. The van der Waals surface area contributed by atoms with Gasteiger partial charge in [0.1, 0.15) is 0 Å². The summed E-state index contributed by atoms with van der Waals surface area (Å²) < 4.78 is 0. The molecular weight excluding hydrogens is 276 g/mol. The monoisotopic (exact) mass is 302 g/mol. The molecule has 0 heterocycles. The first-order valence-corrected chi connectivity index (χ1v) is 8.31. The lowest BCUT2D eigenvalue weighted by atomic mass is 9.94. The van der Waals surface area contributed by atoms with Crippen molar-refractivity contribution in [2.45, 2.75) is 57.8 Å². The van der Waals surface area contributed by atoms with Gasteiger partial charge in [0, 0.05) is 18.7 Å². The van der Waals surface area contributed by atoms with Crippen LogP contribution in [-0.2, 0) is 15.0 Å². The highest BCUT2D eigenvalue weighted by atomic mass is 16.2. The van der Waals surface area contributed by atoms with E-state index in [4.69, 9.17) is 0 Å². The average Bonchev–Trinajstić information content (AvgIpc) is 3.30. The molecular formula is C18H26N2O2. The summed E-state index contributed by atoms with van der Waals surface area (Å²) in [6.45, 7) is 4.85. The topological polar surface area (TPSA) is 58.2 Å². The van der Waals surface area contributed by atoms with E-state index in [2.05, 4.69) is 17.6 Å². The number of unbranched alkanes of at least 4 members (excludes halogenated alkanes) is 1. The maximum absolute atomic E-state index is 12.4. The van der Waals surface area contributed by atoms with E-state index in [1.165, 1.54) is 0 Å². The fraction of sp³-hybridized carbons (Fsp3) is 0.556. The van der Waals surface area contributed by atoms with Gasteiger partial charge in [-0.1, -0.05) is 32.4 Å². The van der Waals surface area contributed by atoms with E-state index in [1.807, 2.05) is 31.2 Å². The van der Waals surface area contributed by atoms with Crippen molar-refractivity contribution in [1.82, 2.24) is 5.32 Å². The third-order valence-electron chi connectivity index (χ3n) is 4.20. The summed E-state index contributed by atoms with van der Waals surface area (Å²) in [4.78, 5) is 24.0. The van der Waals surface area contributed by atoms with Crippen LogP contribution in [-0.4, -0.2) is 18.4 Å². The molecule has 1 aliphatic carbocycles. The molecule has 1 saturated carbocycles. The molecule has 120 valence electrons. The summed E-state index contributed by atoms with van der Waals surface area (Å²) in [7, 11) is 0. The second-order valence-electron chi connectivity index (χ2n) is 6.07. The van der Waals surface area contributed by atoms with E-state index in [-0.39, 0.29) is 17.2 Å². The number of hydrogen-bond acceptors (Lipinski definition) is 2. The number of carbonyl (C=O) groups excluding carboxylic acids is 2. The fourth-order valence-corrected chi connectivity index (χ4v) is 2.64. The second kappa shape index (κ2) is 7.43. The van der Waals surface area contributed by atoms with Gasteiger partial charge in [0.2, 0.25) is 11.8 Å². The highest BCUT2D eigenvalue weighted by molar-refractivity contribution is 5.92. The minimum Gasteiger partial charge on any atom is -0.355 e. The summed E-state index contributed by atoms with van der Waals surface area (Å²) >= 11 is 0. The number of benzene rings is 1. The van der Waals surface area contributed by atoms with Crippen LogP contribution >= 0.6 is 0 Å². The Hall–Kier alpha value is -1.84. The predicted molar refractivity (Wildman–Crippen MR) is 88.8 cm³/mol. The van der Waals surface area contributed by atoms with Crippen molar-refractivity contribution < 1.29 is 9.59 Å². The molecule has 22 heavy (non-hydrogen) atoms. The number of nitrogens with one attached hydrogen (secondary N) is 2. The van der Waals surface area contributed by atoms with Crippen LogP contribution in [0.1, 0.15) is 57.9 Å². The van der Waals surface area contributed by atoms with Gasteiger partial charge in [-0.2, -0.15) is 0 Å². The van der Waals surface area contributed by atoms with Crippen molar-refractivity contribution in [2.75, 3.05) is 11.9 Å². The standard InChI is InChI=1S/C18H26N2O2/c1-3-5-13-19-17(22)18(11-12-18)14-7-9-15(10-8-14)20-16(21)6-4-2/h7-10H,3-6,11-13H2,1-2H3,(H,19,22)(H,20,21). The predicted octanol–water partition coefficient (Wildman–Crippen LogP) is 3.37. The molecule has 1 aromatic carbocycles. The fourth-order valence-electron chi connectivity index (χ4n) is 2.64. The molecule has 0 aromatic heterocycles. The Labute approximate surface area is 132 Å². The third kappa shape index (κ3) is 3.87. The number of anilines is 1. The molecule has 1 aromatic rings. The Morgan fingerprint density at radius 1 is 1.09 bits per heavy atom. The van der Waals surface area contributed by atoms with E-state index >= 15 is 0 Å². The van der Waals surface area contributed by atoms with Gasteiger partial charge in [0.15, 0.2) is 0 Å². The van der Waals surface area contributed by atoms with Gasteiger partial charge in [0.05, 0.1) is 5.41 Å². The molecule has 0 unspecified atom stereocenters. The van der Waals surface area contributed by atoms with Gasteiger partial charge in [-0.3, -0.25) is 9.59 Å². The van der Waals surface area contributed by atoms with Crippen molar-refractivity contribution in [3.63, 3.8) is 0 Å². The van der Waals surface area contributed by atoms with Gasteiger partial charge in [-0.25, -0.2) is 0 Å². The van der Waals surface area contributed by atoms with Crippen LogP contribution in [0.3, 0.4) is 0 Å². The number of carbonyl (C=O) groups is 2. The minimum atomic E-state index is -0.334. The summed E-state index contributed by atoms with van der Waals surface area (Å²) in [6.07, 6.45) is 5.29. The normalized spacial score (nSPS) is 15.2. The van der Waals surface area contributed by atoms with Crippen molar-refractivity contribution in [2.24, 2.45) is 0 Å². The number of hydrogen-bond donors (Lipinski definition) is 2. The molecule has 4 heteroatoms. The lowest BCUT2D eigenvalue weighted by Crippen LogP contribution is -2.35. The van der Waals surface area contributed by atoms with Crippen LogP contribution in [0.25, 0.3) is 0 Å². The third-order valence-corrected chi connectivity index (χ3v) is 4.20. The van der Waals surface area contributed by atoms with E-state index in [0.717, 1.165) is 49.9 Å². The van der Waals surface area contributed by atoms with E-state index in [1.54, 1.807) is 0 Å². The molecule has 0 spiro atoms. The van der Waals surface area contributed by atoms with Crippen LogP contribution in [0.5, 0.6) is 0 Å². The zero-order valence-electron chi connectivity index (χ0n) is 13.6. The van der Waals surface area contributed by atoms with Crippen LogP contribution in [0.15, 0.2) is 24.3 Å². The van der Waals surface area contributed by atoms with Crippen LogP contribution < -0.4 is 10.6 Å². The zero-order valence-corrected chi connectivity index (χ0v) is 13.6. The first kappa shape index (κ1) is 16.5. The largest absolute Gasteiger partial charge is 0.355 e. The van der Waals surface area contributed by atoms with Gasteiger partial charge in [0.25, 0.3) is 0 Å². The number of amides is 2. The quantitative estimate of drug-likeness (QED) is 0.723. The van der Waals surface area contributed by atoms with Gasteiger partial charge >= 0.3 is 0 Å². The molecule has 1 aliphatic rings. The molecule has 2 rings (SSSR count). The summed E-state index contributed by atoms with van der Waals surface area (Å²) in [5.74, 6) is 0.178. The van der Waals surface area contributed by atoms with Gasteiger partial charge in [-0.15, -0.1) is 0 Å². The van der Waals surface area contributed by atoms with E-state index in [0.29, 0.717) is 6.42 Å². The van der Waals surface area contributed by atoms with Crippen LogP contribution in [0.2, 0.25) is 0 Å². The lowest BCUT2D eigenvalue weighted by Gasteiger charge is -2.16. The van der Waals surface area contributed by atoms with Gasteiger partial charge in [-0.05, 0) is 43.4 Å². The maximum Gasteiger partial charge on any atom is 0.230 e. The summed E-state index contributed by atoms with van der Waals surface area (Å²) in [5, 5.41) is 5.91. The smallest absolute Gasteiger partial charge is 0.230 e. The Balaban J connectivity index is 1.97. The average molecular weight is 302 g/mol. The molecule has 0 radical (unpaired) electrons. The Kier molecular flexibility index (Phi) is 5.58. The van der Waals surface area contributed by atoms with Crippen LogP contribution in [0, 0.1) is 0 Å². The Morgan fingerprint density at radius 3 is 2.32 bits per heavy atom. The molecule has 0 saturated heterocycles. The molecule has 4 nitrogen and oxygen atoms in total. The van der Waals surface area contributed by atoms with E-state index < -0.39 is 0 Å².